The van der Waals surface area contributed by atoms with Crippen molar-refractivity contribution in [3.8, 4) is 0 Å². The van der Waals surface area contributed by atoms with Crippen LogP contribution in [-0.2, 0) is 10.0 Å². The molecule has 9 heteroatoms. The Morgan fingerprint density at radius 2 is 1.86 bits per heavy atom. The number of para-hydroxylation sites is 1. The van der Waals surface area contributed by atoms with E-state index in [9.17, 15) is 18.5 Å². The molecule has 0 bridgehead atoms. The van der Waals surface area contributed by atoms with Crippen LogP contribution in [0.2, 0.25) is 5.02 Å². The van der Waals surface area contributed by atoms with Gasteiger partial charge in [-0.05, 0) is 40.2 Å². The summed E-state index contributed by atoms with van der Waals surface area (Å²) in [5, 5.41) is 11.3. The number of benzene rings is 2. The van der Waals surface area contributed by atoms with Crippen LogP contribution in [0.5, 0.6) is 0 Å². The van der Waals surface area contributed by atoms with Crippen LogP contribution in [0.1, 0.15) is 0 Å². The van der Waals surface area contributed by atoms with Crippen LogP contribution in [-0.4, -0.2) is 13.3 Å². The van der Waals surface area contributed by atoms with Gasteiger partial charge in [-0.2, -0.15) is 0 Å². The van der Waals surface area contributed by atoms with Crippen molar-refractivity contribution in [2.75, 3.05) is 4.72 Å². The molecule has 0 aliphatic carbocycles. The Kier molecular flexibility index (Phi) is 4.50. The van der Waals surface area contributed by atoms with E-state index in [1.165, 1.54) is 36.4 Å². The van der Waals surface area contributed by atoms with Gasteiger partial charge in [0, 0.05) is 10.5 Å². The number of rotatable bonds is 4. The van der Waals surface area contributed by atoms with Crippen LogP contribution >= 0.6 is 27.5 Å². The lowest BCUT2D eigenvalue weighted by molar-refractivity contribution is -0.387. The van der Waals surface area contributed by atoms with E-state index < -0.39 is 25.5 Å². The molecule has 0 aliphatic heterocycles. The highest BCUT2D eigenvalue weighted by atomic mass is 79.9. The van der Waals surface area contributed by atoms with Crippen molar-refractivity contribution in [1.82, 2.24) is 0 Å². The lowest BCUT2D eigenvalue weighted by Crippen LogP contribution is -2.14. The zero-order valence-corrected chi connectivity index (χ0v) is 13.4. The van der Waals surface area contributed by atoms with Crippen LogP contribution in [0, 0.1) is 10.1 Å². The minimum atomic E-state index is -4.07. The van der Waals surface area contributed by atoms with E-state index in [4.69, 9.17) is 11.6 Å². The van der Waals surface area contributed by atoms with Gasteiger partial charge in [0.15, 0.2) is 4.90 Å². The van der Waals surface area contributed by atoms with Gasteiger partial charge in [-0.1, -0.05) is 23.7 Å². The Hall–Kier alpha value is -1.64. The van der Waals surface area contributed by atoms with Crippen LogP contribution in [0.25, 0.3) is 0 Å². The molecule has 0 fully saturated rings. The van der Waals surface area contributed by atoms with Crippen LogP contribution in [0.15, 0.2) is 51.8 Å². The third-order valence-corrected chi connectivity index (χ3v) is 5.17. The monoisotopic (exact) mass is 390 g/mol. The SMILES string of the molecule is O=[N+]([O-])c1ccccc1S(=O)(=O)Nc1ccc(Cl)c(Br)c1. The summed E-state index contributed by atoms with van der Waals surface area (Å²) in [5.41, 5.74) is -0.248. The maximum atomic E-state index is 12.3. The van der Waals surface area contributed by atoms with E-state index >= 15 is 0 Å². The molecule has 0 saturated carbocycles. The molecular weight excluding hydrogens is 384 g/mol. The van der Waals surface area contributed by atoms with Gasteiger partial charge in [-0.15, -0.1) is 0 Å². The van der Waals surface area contributed by atoms with Gasteiger partial charge < -0.3 is 0 Å². The fourth-order valence-corrected chi connectivity index (χ4v) is 3.32. The molecule has 0 aliphatic rings. The van der Waals surface area contributed by atoms with Crippen LogP contribution < -0.4 is 4.72 Å². The molecule has 0 atom stereocenters. The Labute approximate surface area is 134 Å². The first-order valence-electron chi connectivity index (χ1n) is 5.52. The molecule has 0 aromatic heterocycles. The molecule has 0 radical (unpaired) electrons. The molecule has 2 rings (SSSR count). The Balaban J connectivity index is 2.43. The highest BCUT2D eigenvalue weighted by molar-refractivity contribution is 9.10. The molecular formula is C12H8BrClN2O4S. The molecule has 0 amide bonds. The van der Waals surface area contributed by atoms with Crippen molar-refractivity contribution < 1.29 is 13.3 Å². The third-order valence-electron chi connectivity index (χ3n) is 2.52. The Morgan fingerprint density at radius 3 is 2.48 bits per heavy atom. The summed E-state index contributed by atoms with van der Waals surface area (Å²) < 4.78 is 27.3. The second-order valence-electron chi connectivity index (χ2n) is 3.96. The largest absolute Gasteiger partial charge is 0.289 e. The van der Waals surface area contributed by atoms with Crippen LogP contribution in [0.4, 0.5) is 11.4 Å². The van der Waals surface area contributed by atoms with Gasteiger partial charge in [0.05, 0.1) is 15.6 Å². The molecule has 110 valence electrons. The van der Waals surface area contributed by atoms with Crippen molar-refractivity contribution >= 4 is 48.9 Å². The molecule has 1 N–H and O–H groups in total. The average molecular weight is 392 g/mol. The second-order valence-corrected chi connectivity index (χ2v) is 6.87. The summed E-state index contributed by atoms with van der Waals surface area (Å²) in [7, 11) is -4.07. The molecule has 0 unspecified atom stereocenters. The quantitative estimate of drug-likeness (QED) is 0.634. The molecule has 6 nitrogen and oxygen atoms in total. The van der Waals surface area contributed by atoms with Crippen molar-refractivity contribution in [3.05, 3.63) is 62.1 Å². The number of hydrogen-bond acceptors (Lipinski definition) is 4. The summed E-state index contributed by atoms with van der Waals surface area (Å²) in [6.45, 7) is 0. The van der Waals surface area contributed by atoms with E-state index in [-0.39, 0.29) is 5.69 Å². The van der Waals surface area contributed by atoms with Gasteiger partial charge in [-0.25, -0.2) is 8.42 Å². The number of sulfonamides is 1. The summed E-state index contributed by atoms with van der Waals surface area (Å²) in [4.78, 5) is 9.76. The fraction of sp³-hybridized carbons (Fsp3) is 0. The molecule has 21 heavy (non-hydrogen) atoms. The number of hydrogen-bond donors (Lipinski definition) is 1. The highest BCUT2D eigenvalue weighted by Crippen LogP contribution is 2.29. The summed E-state index contributed by atoms with van der Waals surface area (Å²) in [5.74, 6) is 0. The third kappa shape index (κ3) is 3.52. The fourth-order valence-electron chi connectivity index (χ4n) is 1.60. The summed E-state index contributed by atoms with van der Waals surface area (Å²) in [6.07, 6.45) is 0. The number of nitro groups is 1. The standard InChI is InChI=1S/C12H8BrClN2O4S/c13-9-7-8(5-6-10(9)14)15-21(19,20)12-4-2-1-3-11(12)16(17)18/h1-7,15H. The zero-order chi connectivity index (χ0) is 15.6. The van der Waals surface area contributed by atoms with Crippen LogP contribution in [0.3, 0.4) is 0 Å². The smallest absolute Gasteiger partial charge is 0.279 e. The van der Waals surface area contributed by atoms with E-state index in [0.29, 0.717) is 9.50 Å². The van der Waals surface area contributed by atoms with E-state index in [2.05, 4.69) is 20.7 Å². The topological polar surface area (TPSA) is 89.3 Å². The van der Waals surface area contributed by atoms with Crippen molar-refractivity contribution in [2.45, 2.75) is 4.90 Å². The van der Waals surface area contributed by atoms with Gasteiger partial charge >= 0.3 is 0 Å². The molecule has 2 aromatic carbocycles. The normalized spacial score (nSPS) is 11.1. The van der Waals surface area contributed by atoms with E-state index in [0.717, 1.165) is 6.07 Å². The maximum absolute atomic E-state index is 12.3. The minimum Gasteiger partial charge on any atom is -0.279 e. The van der Waals surface area contributed by atoms with E-state index in [1.54, 1.807) is 0 Å². The number of halogens is 2. The maximum Gasteiger partial charge on any atom is 0.289 e. The Morgan fingerprint density at radius 1 is 1.19 bits per heavy atom. The van der Waals surface area contributed by atoms with Gasteiger partial charge in [0.25, 0.3) is 15.7 Å². The number of nitrogens with zero attached hydrogens (tertiary/aromatic N) is 1. The molecule has 0 heterocycles. The van der Waals surface area contributed by atoms with E-state index in [1.807, 2.05) is 0 Å². The molecule has 0 saturated heterocycles. The molecule has 0 spiro atoms. The first kappa shape index (κ1) is 15.7. The lowest BCUT2D eigenvalue weighted by atomic mass is 10.3. The first-order chi connectivity index (χ1) is 9.81. The number of nitrogens with one attached hydrogen (secondary N) is 1. The minimum absolute atomic E-state index is 0.240. The first-order valence-corrected chi connectivity index (χ1v) is 8.18. The molecule has 2 aromatic rings. The summed E-state index contributed by atoms with van der Waals surface area (Å²) in [6, 6.07) is 9.55. The predicted molar refractivity (Wildman–Crippen MR) is 83.1 cm³/mol. The number of nitro benzene ring substituents is 1. The predicted octanol–water partition coefficient (Wildman–Crippen LogP) is 3.81. The average Bonchev–Trinajstić information content (AvgIpc) is 2.42. The Bertz CT molecular complexity index is 811. The summed E-state index contributed by atoms with van der Waals surface area (Å²) >= 11 is 8.99. The number of anilines is 1. The zero-order valence-electron chi connectivity index (χ0n) is 10.3. The van der Waals surface area contributed by atoms with Crippen molar-refractivity contribution in [1.29, 1.82) is 0 Å². The van der Waals surface area contributed by atoms with Gasteiger partial charge in [0.1, 0.15) is 0 Å². The van der Waals surface area contributed by atoms with Gasteiger partial charge in [0.2, 0.25) is 0 Å². The van der Waals surface area contributed by atoms with Crippen molar-refractivity contribution in [2.24, 2.45) is 0 Å². The highest BCUT2D eigenvalue weighted by Gasteiger charge is 2.25. The van der Waals surface area contributed by atoms with Gasteiger partial charge in [-0.3, -0.25) is 14.8 Å². The lowest BCUT2D eigenvalue weighted by Gasteiger charge is -2.09. The second kappa shape index (κ2) is 6.00. The van der Waals surface area contributed by atoms with Crippen molar-refractivity contribution in [3.63, 3.8) is 0 Å².